The molecule has 31 heavy (non-hydrogen) atoms. The van der Waals surface area contributed by atoms with Crippen molar-refractivity contribution in [3.8, 4) is 0 Å². The average molecular weight is 442 g/mol. The average Bonchev–Trinajstić information content (AvgIpc) is 2.76. The lowest BCUT2D eigenvalue weighted by atomic mass is 10.1. The van der Waals surface area contributed by atoms with Gasteiger partial charge in [-0.3, -0.25) is 9.52 Å². The van der Waals surface area contributed by atoms with Crippen molar-refractivity contribution in [1.29, 1.82) is 0 Å². The summed E-state index contributed by atoms with van der Waals surface area (Å²) in [5.74, 6) is -1.04. The Bertz CT molecular complexity index is 1150. The maximum atomic E-state index is 13.8. The molecule has 3 aromatic rings. The smallest absolute Gasteiger partial charge is 0.262 e. The lowest BCUT2D eigenvalue weighted by molar-refractivity contribution is 0.0952. The number of amides is 1. The molecular weight excluding hydrogens is 417 g/mol. The second-order valence-corrected chi connectivity index (χ2v) is 8.65. The minimum absolute atomic E-state index is 0.114. The van der Waals surface area contributed by atoms with Gasteiger partial charge in [0.15, 0.2) is 0 Å². The normalized spacial score (nSPS) is 11.0. The van der Waals surface area contributed by atoms with Crippen LogP contribution in [-0.4, -0.2) is 27.4 Å². The molecule has 1 amide bonds. The van der Waals surface area contributed by atoms with Crippen molar-refractivity contribution in [2.24, 2.45) is 0 Å². The van der Waals surface area contributed by atoms with Crippen LogP contribution < -0.4 is 15.4 Å². The molecule has 3 rings (SSSR count). The quantitative estimate of drug-likeness (QED) is 0.435. The lowest BCUT2D eigenvalue weighted by Crippen LogP contribution is -2.27. The fourth-order valence-electron chi connectivity index (χ4n) is 2.93. The summed E-state index contributed by atoms with van der Waals surface area (Å²) < 4.78 is 41.4. The Balaban J connectivity index is 1.61. The number of para-hydroxylation sites is 2. The first-order valence-corrected chi connectivity index (χ1v) is 11.3. The Morgan fingerprint density at radius 1 is 0.935 bits per heavy atom. The summed E-state index contributed by atoms with van der Waals surface area (Å²) in [6.45, 7) is 2.85. The van der Waals surface area contributed by atoms with Crippen LogP contribution in [0.5, 0.6) is 0 Å². The summed E-state index contributed by atoms with van der Waals surface area (Å²) in [5, 5.41) is 6.07. The highest BCUT2D eigenvalue weighted by atomic mass is 32.2. The van der Waals surface area contributed by atoms with Gasteiger partial charge in [0, 0.05) is 24.3 Å². The van der Waals surface area contributed by atoms with E-state index in [1.54, 1.807) is 13.0 Å². The van der Waals surface area contributed by atoms with Gasteiger partial charge in [-0.05, 0) is 55.3 Å². The largest absolute Gasteiger partial charge is 0.385 e. The Morgan fingerprint density at radius 3 is 2.39 bits per heavy atom. The number of halogens is 1. The molecular formula is C23H24FN3O3S. The molecule has 0 bridgehead atoms. The molecule has 162 valence electrons. The van der Waals surface area contributed by atoms with Gasteiger partial charge in [-0.2, -0.15) is 0 Å². The zero-order valence-electron chi connectivity index (χ0n) is 17.1. The molecule has 0 aliphatic heterocycles. The van der Waals surface area contributed by atoms with Gasteiger partial charge in [0.2, 0.25) is 0 Å². The maximum Gasteiger partial charge on any atom is 0.262 e. The van der Waals surface area contributed by atoms with Crippen LogP contribution in [0.15, 0.2) is 77.7 Å². The van der Waals surface area contributed by atoms with E-state index in [1.165, 1.54) is 36.4 Å². The minimum Gasteiger partial charge on any atom is -0.385 e. The van der Waals surface area contributed by atoms with Crippen molar-refractivity contribution in [3.63, 3.8) is 0 Å². The van der Waals surface area contributed by atoms with Gasteiger partial charge >= 0.3 is 0 Å². The second kappa shape index (κ2) is 10.1. The van der Waals surface area contributed by atoms with E-state index in [0.29, 0.717) is 25.1 Å². The molecule has 0 aliphatic rings. The number of benzene rings is 3. The number of nitrogens with one attached hydrogen (secondary N) is 3. The molecule has 0 saturated carbocycles. The van der Waals surface area contributed by atoms with Crippen molar-refractivity contribution < 1.29 is 17.6 Å². The van der Waals surface area contributed by atoms with Crippen molar-refractivity contribution in [1.82, 2.24) is 5.32 Å². The predicted molar refractivity (Wildman–Crippen MR) is 120 cm³/mol. The number of carbonyl (C=O) groups excluding carboxylic acids is 1. The second-order valence-electron chi connectivity index (χ2n) is 6.96. The predicted octanol–water partition coefficient (Wildman–Crippen LogP) is 4.17. The highest BCUT2D eigenvalue weighted by molar-refractivity contribution is 7.92. The van der Waals surface area contributed by atoms with Crippen LogP contribution >= 0.6 is 0 Å². The lowest BCUT2D eigenvalue weighted by Gasteiger charge is -2.12. The molecule has 0 aliphatic carbocycles. The van der Waals surface area contributed by atoms with Crippen molar-refractivity contribution in [3.05, 3.63) is 89.7 Å². The third-order valence-corrected chi connectivity index (χ3v) is 5.99. The van der Waals surface area contributed by atoms with Crippen LogP contribution in [0.3, 0.4) is 0 Å². The number of hydrogen-bond acceptors (Lipinski definition) is 4. The Kier molecular flexibility index (Phi) is 7.25. The van der Waals surface area contributed by atoms with E-state index < -0.39 is 15.8 Å². The van der Waals surface area contributed by atoms with E-state index >= 15 is 0 Å². The number of anilines is 2. The standard InChI is InChI=1S/C23H24FN3O3S/c1-17-12-13-19(31(29,30)27-22-11-6-5-10-21(22)24)16-20(17)23(28)26-15-7-14-25-18-8-3-2-4-9-18/h2-6,8-13,16,25,27H,7,14-15H2,1H3,(H,26,28). The van der Waals surface area contributed by atoms with Gasteiger partial charge in [-0.25, -0.2) is 12.8 Å². The number of aryl methyl sites for hydroxylation is 1. The molecule has 8 heteroatoms. The third-order valence-electron chi connectivity index (χ3n) is 4.62. The monoisotopic (exact) mass is 441 g/mol. The van der Waals surface area contributed by atoms with E-state index in [-0.39, 0.29) is 22.1 Å². The van der Waals surface area contributed by atoms with Crippen molar-refractivity contribution >= 4 is 27.3 Å². The molecule has 0 fully saturated rings. The number of hydrogen-bond donors (Lipinski definition) is 3. The van der Waals surface area contributed by atoms with Crippen LogP contribution in [0.2, 0.25) is 0 Å². The van der Waals surface area contributed by atoms with E-state index in [0.717, 1.165) is 5.69 Å². The van der Waals surface area contributed by atoms with Crippen LogP contribution in [0.1, 0.15) is 22.3 Å². The zero-order chi connectivity index (χ0) is 22.3. The van der Waals surface area contributed by atoms with E-state index in [1.807, 2.05) is 30.3 Å². The first kappa shape index (κ1) is 22.3. The summed E-state index contributed by atoms with van der Waals surface area (Å²) in [6, 6.07) is 19.5. The maximum absolute atomic E-state index is 13.8. The van der Waals surface area contributed by atoms with Gasteiger partial charge in [0.05, 0.1) is 10.6 Å². The molecule has 3 N–H and O–H groups in total. The third kappa shape index (κ3) is 6.05. The van der Waals surface area contributed by atoms with Crippen LogP contribution in [-0.2, 0) is 10.0 Å². The first-order chi connectivity index (χ1) is 14.9. The Labute approximate surface area is 181 Å². The Morgan fingerprint density at radius 2 is 1.65 bits per heavy atom. The summed E-state index contributed by atoms with van der Waals surface area (Å²) in [5.41, 5.74) is 1.75. The summed E-state index contributed by atoms with van der Waals surface area (Å²) in [6.07, 6.45) is 0.701. The molecule has 0 saturated heterocycles. The highest BCUT2D eigenvalue weighted by Crippen LogP contribution is 2.21. The zero-order valence-corrected chi connectivity index (χ0v) is 17.9. The summed E-state index contributed by atoms with van der Waals surface area (Å²) in [7, 11) is -4.05. The molecule has 6 nitrogen and oxygen atoms in total. The topological polar surface area (TPSA) is 87.3 Å². The van der Waals surface area contributed by atoms with Crippen LogP contribution in [0.25, 0.3) is 0 Å². The van der Waals surface area contributed by atoms with Crippen molar-refractivity contribution in [2.75, 3.05) is 23.1 Å². The molecule has 0 atom stereocenters. The number of rotatable bonds is 9. The van der Waals surface area contributed by atoms with Gasteiger partial charge in [0.25, 0.3) is 15.9 Å². The molecule has 0 unspecified atom stereocenters. The van der Waals surface area contributed by atoms with Crippen LogP contribution in [0.4, 0.5) is 15.8 Å². The van der Waals surface area contributed by atoms with E-state index in [9.17, 15) is 17.6 Å². The SMILES string of the molecule is Cc1ccc(S(=O)(=O)Nc2ccccc2F)cc1C(=O)NCCCNc1ccccc1. The minimum atomic E-state index is -4.05. The molecule has 3 aromatic carbocycles. The van der Waals surface area contributed by atoms with Gasteiger partial charge in [-0.1, -0.05) is 36.4 Å². The molecule has 0 aromatic heterocycles. The number of carbonyl (C=O) groups is 1. The number of sulfonamides is 1. The first-order valence-electron chi connectivity index (χ1n) is 9.82. The summed E-state index contributed by atoms with van der Waals surface area (Å²) >= 11 is 0. The van der Waals surface area contributed by atoms with Gasteiger partial charge in [-0.15, -0.1) is 0 Å². The highest BCUT2D eigenvalue weighted by Gasteiger charge is 2.19. The molecule has 0 heterocycles. The molecule has 0 spiro atoms. The van der Waals surface area contributed by atoms with Crippen molar-refractivity contribution in [2.45, 2.75) is 18.2 Å². The van der Waals surface area contributed by atoms with E-state index in [4.69, 9.17) is 0 Å². The summed E-state index contributed by atoms with van der Waals surface area (Å²) in [4.78, 5) is 12.5. The van der Waals surface area contributed by atoms with Crippen LogP contribution in [0, 0.1) is 12.7 Å². The fourth-order valence-corrected chi connectivity index (χ4v) is 4.03. The van der Waals surface area contributed by atoms with Gasteiger partial charge in [0.1, 0.15) is 5.82 Å². The Hall–Kier alpha value is -3.39. The molecule has 0 radical (unpaired) electrons. The fraction of sp³-hybridized carbons (Fsp3) is 0.174. The van der Waals surface area contributed by atoms with E-state index in [2.05, 4.69) is 15.4 Å². The van der Waals surface area contributed by atoms with Gasteiger partial charge < -0.3 is 10.6 Å².